The molecule has 6 nitrogen and oxygen atoms in total. The number of ether oxygens (including phenoxy) is 1. The molecule has 81 heavy (non-hydrogen) atoms. The first-order valence-electron chi connectivity index (χ1n) is 36.7. The number of aliphatic hydroxyl groups excluding tert-OH is 2. The summed E-state index contributed by atoms with van der Waals surface area (Å²) >= 11 is 0. The molecule has 0 rings (SSSR count). The lowest BCUT2D eigenvalue weighted by molar-refractivity contribution is -0.143. The number of aliphatic hydroxyl groups is 2. The third-order valence-electron chi connectivity index (χ3n) is 17.2. The molecule has 0 aliphatic heterocycles. The number of nitrogens with one attached hydrogen (secondary N) is 1. The summed E-state index contributed by atoms with van der Waals surface area (Å²) in [6.45, 7) is 4.95. The molecule has 0 radical (unpaired) electrons. The van der Waals surface area contributed by atoms with E-state index in [2.05, 4.69) is 55.6 Å². The number of carbonyl (C=O) groups is 2. The van der Waals surface area contributed by atoms with Crippen LogP contribution in [-0.4, -0.2) is 47.4 Å². The Kier molecular flexibility index (Phi) is 68.9. The van der Waals surface area contributed by atoms with Gasteiger partial charge < -0.3 is 20.3 Å². The molecule has 3 N–H and O–H groups in total. The lowest BCUT2D eigenvalue weighted by Crippen LogP contribution is -2.45. The lowest BCUT2D eigenvalue weighted by Gasteiger charge is -2.22. The zero-order chi connectivity index (χ0) is 58.5. The molecule has 0 saturated carbocycles. The second-order valence-electron chi connectivity index (χ2n) is 25.3. The van der Waals surface area contributed by atoms with Gasteiger partial charge in [-0.05, 0) is 83.5 Å². The highest BCUT2D eigenvalue weighted by molar-refractivity contribution is 5.76. The van der Waals surface area contributed by atoms with Gasteiger partial charge in [-0.2, -0.15) is 0 Å². The van der Waals surface area contributed by atoms with Gasteiger partial charge in [-0.3, -0.25) is 9.59 Å². The van der Waals surface area contributed by atoms with Crippen LogP contribution in [0.5, 0.6) is 0 Å². The first-order valence-corrected chi connectivity index (χ1v) is 36.7. The second-order valence-corrected chi connectivity index (χ2v) is 25.3. The summed E-state index contributed by atoms with van der Waals surface area (Å²) in [4.78, 5) is 24.6. The van der Waals surface area contributed by atoms with E-state index in [1.165, 1.54) is 321 Å². The van der Waals surface area contributed by atoms with Gasteiger partial charge in [0.2, 0.25) is 5.91 Å². The van der Waals surface area contributed by atoms with Crippen molar-refractivity contribution in [2.24, 2.45) is 0 Å². The fourth-order valence-electron chi connectivity index (χ4n) is 11.6. The Balaban J connectivity index is 3.41. The summed E-state index contributed by atoms with van der Waals surface area (Å²) in [5.74, 6) is -0.0358. The standard InChI is InChI=1S/C75H143NO5/c1-3-5-7-9-11-13-15-17-19-20-21-22-23-24-27-30-33-36-40-43-47-51-55-59-63-67-73(78)72(71-77)76-74(79)68-64-60-56-52-48-44-41-37-34-31-28-25-26-29-32-35-38-42-46-50-54-58-62-66-70-81-75(80)69-65-61-57-53-49-45-39-18-16-14-12-10-8-6-4-2/h12,14,18,28,31,39,72-73,77-78H,3-11,13,15-17,19-27,29-30,32-38,40-71H2,1-2H3,(H,76,79)/b14-12-,31-28-,39-18-. The van der Waals surface area contributed by atoms with Crippen LogP contribution in [-0.2, 0) is 14.3 Å². The Morgan fingerprint density at radius 1 is 0.346 bits per heavy atom. The minimum Gasteiger partial charge on any atom is -0.466 e. The number of unbranched alkanes of at least 4 members (excludes halogenated alkanes) is 52. The first-order chi connectivity index (χ1) is 40.0. The van der Waals surface area contributed by atoms with Crippen LogP contribution < -0.4 is 5.32 Å². The van der Waals surface area contributed by atoms with Gasteiger partial charge in [-0.1, -0.05) is 346 Å². The normalized spacial score (nSPS) is 12.7. The topological polar surface area (TPSA) is 95.9 Å². The molecular weight excluding hydrogens is 995 g/mol. The fraction of sp³-hybridized carbons (Fsp3) is 0.893. The molecule has 6 heteroatoms. The molecule has 0 aromatic carbocycles. The van der Waals surface area contributed by atoms with Crippen molar-refractivity contribution < 1.29 is 24.5 Å². The third kappa shape index (κ3) is 67.1. The van der Waals surface area contributed by atoms with Crippen LogP contribution in [0.1, 0.15) is 406 Å². The molecule has 0 aromatic rings. The zero-order valence-corrected chi connectivity index (χ0v) is 54.8. The van der Waals surface area contributed by atoms with Crippen LogP contribution in [0.2, 0.25) is 0 Å². The summed E-state index contributed by atoms with van der Waals surface area (Å²) < 4.78 is 5.48. The monoisotopic (exact) mass is 1140 g/mol. The number of rotatable bonds is 69. The molecule has 2 unspecified atom stereocenters. The van der Waals surface area contributed by atoms with Gasteiger partial charge in [-0.25, -0.2) is 0 Å². The van der Waals surface area contributed by atoms with Crippen molar-refractivity contribution in [3.05, 3.63) is 36.5 Å². The number of hydrogen-bond donors (Lipinski definition) is 3. The maximum absolute atomic E-state index is 12.6. The highest BCUT2D eigenvalue weighted by Gasteiger charge is 2.20. The summed E-state index contributed by atoms with van der Waals surface area (Å²) in [5, 5.41) is 23.5. The maximum atomic E-state index is 12.6. The van der Waals surface area contributed by atoms with Crippen LogP contribution >= 0.6 is 0 Å². The Hall–Kier alpha value is -1.92. The summed E-state index contributed by atoms with van der Waals surface area (Å²) in [7, 11) is 0. The molecule has 478 valence electrons. The van der Waals surface area contributed by atoms with Crippen LogP contribution in [0.15, 0.2) is 36.5 Å². The number of allylic oxidation sites excluding steroid dienone is 6. The van der Waals surface area contributed by atoms with Gasteiger partial charge in [0.25, 0.3) is 0 Å². The van der Waals surface area contributed by atoms with Crippen molar-refractivity contribution in [2.45, 2.75) is 418 Å². The van der Waals surface area contributed by atoms with E-state index < -0.39 is 12.1 Å². The van der Waals surface area contributed by atoms with Crippen molar-refractivity contribution >= 4 is 11.9 Å². The van der Waals surface area contributed by atoms with Gasteiger partial charge >= 0.3 is 5.97 Å². The zero-order valence-electron chi connectivity index (χ0n) is 54.8. The van der Waals surface area contributed by atoms with Crippen molar-refractivity contribution in [1.29, 1.82) is 0 Å². The van der Waals surface area contributed by atoms with Gasteiger partial charge in [0.15, 0.2) is 0 Å². The van der Waals surface area contributed by atoms with Gasteiger partial charge in [0.1, 0.15) is 0 Å². The molecular formula is C75H143NO5. The van der Waals surface area contributed by atoms with E-state index in [1.54, 1.807) is 0 Å². The Labute approximate surface area is 506 Å². The first kappa shape index (κ1) is 79.1. The summed E-state index contributed by atoms with van der Waals surface area (Å²) in [6, 6.07) is -0.547. The van der Waals surface area contributed by atoms with Gasteiger partial charge in [0.05, 0.1) is 25.4 Å². The van der Waals surface area contributed by atoms with Crippen molar-refractivity contribution in [1.82, 2.24) is 5.32 Å². The predicted octanol–water partition coefficient (Wildman–Crippen LogP) is 23.9. The van der Waals surface area contributed by atoms with E-state index in [4.69, 9.17) is 4.74 Å². The molecule has 0 saturated heterocycles. The third-order valence-corrected chi connectivity index (χ3v) is 17.2. The van der Waals surface area contributed by atoms with Gasteiger partial charge in [0, 0.05) is 12.8 Å². The smallest absolute Gasteiger partial charge is 0.305 e. The maximum Gasteiger partial charge on any atom is 0.305 e. The number of hydrogen-bond acceptors (Lipinski definition) is 5. The number of esters is 1. The SMILES string of the molecule is CCCCC/C=C\C/C=C\CCCCCCCC(=O)OCCCCCCCCCCCCCC/C=C\CCCCCCCCCCC(=O)NC(CO)C(O)CCCCCCCCCCCCCCCCCCCCCCCCCCC. The van der Waals surface area contributed by atoms with Crippen LogP contribution in [0.25, 0.3) is 0 Å². The largest absolute Gasteiger partial charge is 0.466 e. The molecule has 0 heterocycles. The van der Waals surface area contributed by atoms with Crippen molar-refractivity contribution in [3.8, 4) is 0 Å². The molecule has 0 aliphatic rings. The van der Waals surface area contributed by atoms with Crippen molar-refractivity contribution in [2.75, 3.05) is 13.2 Å². The summed E-state index contributed by atoms with van der Waals surface area (Å²) in [5.41, 5.74) is 0. The fourth-order valence-corrected chi connectivity index (χ4v) is 11.6. The Morgan fingerprint density at radius 2 is 0.617 bits per heavy atom. The Bertz CT molecular complexity index is 1310. The van der Waals surface area contributed by atoms with E-state index in [0.29, 0.717) is 25.9 Å². The quantitative estimate of drug-likeness (QED) is 0.0320. The van der Waals surface area contributed by atoms with Crippen molar-refractivity contribution in [3.63, 3.8) is 0 Å². The van der Waals surface area contributed by atoms with Gasteiger partial charge in [-0.15, -0.1) is 0 Å². The minimum absolute atomic E-state index is 0.000755. The van der Waals surface area contributed by atoms with Crippen LogP contribution in [0.3, 0.4) is 0 Å². The lowest BCUT2D eigenvalue weighted by atomic mass is 10.0. The van der Waals surface area contributed by atoms with Crippen LogP contribution in [0, 0.1) is 0 Å². The summed E-state index contributed by atoms with van der Waals surface area (Å²) in [6.07, 6.45) is 90.6. The highest BCUT2D eigenvalue weighted by atomic mass is 16.5. The van der Waals surface area contributed by atoms with E-state index in [1.807, 2.05) is 0 Å². The number of carbonyl (C=O) groups excluding carboxylic acids is 2. The molecule has 2 atom stereocenters. The van der Waals surface area contributed by atoms with Crippen LogP contribution in [0.4, 0.5) is 0 Å². The average Bonchev–Trinajstić information content (AvgIpc) is 3.47. The van der Waals surface area contributed by atoms with E-state index in [0.717, 1.165) is 51.4 Å². The van der Waals surface area contributed by atoms with E-state index in [9.17, 15) is 19.8 Å². The number of amides is 1. The van der Waals surface area contributed by atoms with E-state index in [-0.39, 0.29) is 18.5 Å². The average molecular weight is 1140 g/mol. The highest BCUT2D eigenvalue weighted by Crippen LogP contribution is 2.19. The predicted molar refractivity (Wildman–Crippen MR) is 356 cm³/mol. The minimum atomic E-state index is -0.669. The molecule has 0 spiro atoms. The van der Waals surface area contributed by atoms with E-state index >= 15 is 0 Å². The molecule has 0 fully saturated rings. The molecule has 1 amide bonds. The molecule has 0 aliphatic carbocycles. The molecule has 0 aromatic heterocycles. The second kappa shape index (κ2) is 70.6. The molecule has 0 bridgehead atoms. The Morgan fingerprint density at radius 3 is 0.975 bits per heavy atom.